The predicted octanol–water partition coefficient (Wildman–Crippen LogP) is 4.21. The summed E-state index contributed by atoms with van der Waals surface area (Å²) in [6.07, 6.45) is 2.45. The molecule has 1 amide bonds. The molecule has 8 nitrogen and oxygen atoms in total. The summed E-state index contributed by atoms with van der Waals surface area (Å²) in [4.78, 5) is 26.2. The second-order valence-corrected chi connectivity index (χ2v) is 9.60. The molecular weight excluding hydrogens is 489 g/mol. The fourth-order valence-corrected chi connectivity index (χ4v) is 5.08. The van der Waals surface area contributed by atoms with Crippen LogP contribution in [0.2, 0.25) is 0 Å². The van der Waals surface area contributed by atoms with E-state index >= 15 is 0 Å². The van der Waals surface area contributed by atoms with Gasteiger partial charge in [-0.2, -0.15) is 18.3 Å². The van der Waals surface area contributed by atoms with Gasteiger partial charge >= 0.3 is 12.1 Å². The van der Waals surface area contributed by atoms with Gasteiger partial charge < -0.3 is 14.7 Å². The lowest BCUT2D eigenvalue weighted by molar-refractivity contribution is -0.192. The van der Waals surface area contributed by atoms with Gasteiger partial charge in [-0.3, -0.25) is 14.4 Å². The topological polar surface area (TPSA) is 87.9 Å². The second-order valence-electron chi connectivity index (χ2n) is 9.60. The Hall–Kier alpha value is -3.08. The molecule has 0 radical (unpaired) electrons. The molecule has 1 fully saturated rings. The van der Waals surface area contributed by atoms with E-state index in [1.807, 2.05) is 28.9 Å². The lowest BCUT2D eigenvalue weighted by Gasteiger charge is -2.47. The number of carboxylic acid groups (broad SMARTS) is 1. The maximum atomic E-state index is 12.9. The SMILES string of the molecule is CCN(CC)C(=O)CC1CC2(CCN(Cc3cnn(C)c3)CC2)Oc2ccccc21.O=C(O)C(F)(F)F. The van der Waals surface area contributed by atoms with E-state index in [9.17, 15) is 18.0 Å². The highest BCUT2D eigenvalue weighted by Crippen LogP contribution is 2.46. The fraction of sp³-hybridized carbons (Fsp3) is 0.577. The Kier molecular flexibility index (Phi) is 9.22. The third kappa shape index (κ3) is 7.47. The first-order chi connectivity index (χ1) is 17.5. The summed E-state index contributed by atoms with van der Waals surface area (Å²) in [5.41, 5.74) is 2.29. The van der Waals surface area contributed by atoms with E-state index in [1.165, 1.54) is 11.1 Å². The first-order valence-electron chi connectivity index (χ1n) is 12.5. The molecule has 37 heavy (non-hydrogen) atoms. The molecule has 1 aromatic heterocycles. The summed E-state index contributed by atoms with van der Waals surface area (Å²) < 4.78 is 40.2. The van der Waals surface area contributed by atoms with Crippen LogP contribution in [0.25, 0.3) is 0 Å². The molecular formula is C26H35F3N4O4. The zero-order valence-corrected chi connectivity index (χ0v) is 21.5. The number of ether oxygens (including phenoxy) is 1. The van der Waals surface area contributed by atoms with Crippen molar-refractivity contribution in [1.82, 2.24) is 19.6 Å². The molecule has 1 spiro atoms. The molecule has 0 bridgehead atoms. The first kappa shape index (κ1) is 28.5. The number of fused-ring (bicyclic) bond motifs is 1. The van der Waals surface area contributed by atoms with Gasteiger partial charge in [0.05, 0.1) is 6.20 Å². The van der Waals surface area contributed by atoms with E-state index in [-0.39, 0.29) is 17.4 Å². The van der Waals surface area contributed by atoms with Crippen LogP contribution in [0.4, 0.5) is 13.2 Å². The number of halogens is 3. The smallest absolute Gasteiger partial charge is 0.487 e. The first-order valence-corrected chi connectivity index (χ1v) is 12.5. The van der Waals surface area contributed by atoms with Crippen molar-refractivity contribution >= 4 is 11.9 Å². The molecule has 4 rings (SSSR count). The molecule has 2 aromatic rings. The van der Waals surface area contributed by atoms with Crippen molar-refractivity contribution in [2.75, 3.05) is 26.2 Å². The number of carboxylic acids is 1. The number of amides is 1. The predicted molar refractivity (Wildman–Crippen MR) is 131 cm³/mol. The van der Waals surface area contributed by atoms with Crippen LogP contribution in [0, 0.1) is 0 Å². The van der Waals surface area contributed by atoms with Crippen LogP contribution in [0.1, 0.15) is 56.6 Å². The number of carbonyl (C=O) groups is 2. The van der Waals surface area contributed by atoms with E-state index in [4.69, 9.17) is 14.6 Å². The van der Waals surface area contributed by atoms with Crippen LogP contribution in [0.5, 0.6) is 5.75 Å². The van der Waals surface area contributed by atoms with Crippen LogP contribution in [0.3, 0.4) is 0 Å². The molecule has 1 N–H and O–H groups in total. The molecule has 3 heterocycles. The van der Waals surface area contributed by atoms with Gasteiger partial charge in [0, 0.05) is 63.9 Å². The minimum atomic E-state index is -5.08. The Bertz CT molecular complexity index is 1060. The largest absolute Gasteiger partial charge is 0.490 e. The lowest BCUT2D eigenvalue weighted by atomic mass is 9.76. The summed E-state index contributed by atoms with van der Waals surface area (Å²) in [6, 6.07) is 8.32. The van der Waals surface area contributed by atoms with Crippen LogP contribution in [-0.4, -0.2) is 74.5 Å². The minimum Gasteiger partial charge on any atom is -0.487 e. The van der Waals surface area contributed by atoms with Gasteiger partial charge in [0.15, 0.2) is 0 Å². The van der Waals surface area contributed by atoms with Gasteiger partial charge in [0.25, 0.3) is 0 Å². The zero-order chi connectivity index (χ0) is 27.2. The van der Waals surface area contributed by atoms with Crippen molar-refractivity contribution in [3.05, 3.63) is 47.8 Å². The van der Waals surface area contributed by atoms with Gasteiger partial charge in [-0.15, -0.1) is 0 Å². The molecule has 1 atom stereocenters. The minimum absolute atomic E-state index is 0.159. The highest BCUT2D eigenvalue weighted by Gasteiger charge is 2.44. The quantitative estimate of drug-likeness (QED) is 0.609. The van der Waals surface area contributed by atoms with Gasteiger partial charge in [-0.1, -0.05) is 18.2 Å². The lowest BCUT2D eigenvalue weighted by Crippen LogP contribution is -2.50. The third-order valence-electron chi connectivity index (χ3n) is 7.02. The summed E-state index contributed by atoms with van der Waals surface area (Å²) in [5, 5.41) is 11.4. The van der Waals surface area contributed by atoms with Gasteiger partial charge in [0.1, 0.15) is 11.4 Å². The van der Waals surface area contributed by atoms with Crippen molar-refractivity contribution in [2.24, 2.45) is 7.05 Å². The molecule has 2 aliphatic rings. The van der Waals surface area contributed by atoms with E-state index in [0.29, 0.717) is 6.42 Å². The summed E-state index contributed by atoms with van der Waals surface area (Å²) >= 11 is 0. The van der Waals surface area contributed by atoms with Crippen LogP contribution >= 0.6 is 0 Å². The van der Waals surface area contributed by atoms with Crippen molar-refractivity contribution < 1.29 is 32.6 Å². The van der Waals surface area contributed by atoms with Crippen molar-refractivity contribution in [2.45, 2.75) is 63.8 Å². The molecule has 1 aromatic carbocycles. The monoisotopic (exact) mass is 524 g/mol. The number of piperidine rings is 1. The summed E-state index contributed by atoms with van der Waals surface area (Å²) in [5.74, 6) is -1.30. The number of aliphatic carboxylic acids is 1. The molecule has 204 valence electrons. The maximum Gasteiger partial charge on any atom is 0.490 e. The Morgan fingerprint density at radius 3 is 2.35 bits per heavy atom. The standard InChI is InChI=1S/C24H34N4O2.C2HF3O2/c1-4-28(5-2)23(29)14-20-15-24(30-22-9-7-6-8-21(20)22)10-12-27(13-11-24)18-19-16-25-26(3)17-19;3-2(4,5)1(6)7/h6-9,16-17,20H,4-5,10-15,18H2,1-3H3;(H,6,7). The van der Waals surface area contributed by atoms with Crippen LogP contribution < -0.4 is 4.74 Å². The average molecular weight is 525 g/mol. The van der Waals surface area contributed by atoms with Crippen LogP contribution in [-0.2, 0) is 23.2 Å². The number of nitrogens with zero attached hydrogens (tertiary/aromatic N) is 4. The number of rotatable bonds is 6. The van der Waals surface area contributed by atoms with E-state index in [0.717, 1.165) is 57.7 Å². The number of alkyl halides is 3. The van der Waals surface area contributed by atoms with Crippen molar-refractivity contribution in [3.8, 4) is 5.75 Å². The number of aromatic nitrogens is 2. The molecule has 1 unspecified atom stereocenters. The average Bonchev–Trinajstić information content (AvgIpc) is 3.26. The van der Waals surface area contributed by atoms with Crippen molar-refractivity contribution in [1.29, 1.82) is 0 Å². The van der Waals surface area contributed by atoms with Crippen molar-refractivity contribution in [3.63, 3.8) is 0 Å². The van der Waals surface area contributed by atoms with Gasteiger partial charge in [-0.05, 0) is 44.7 Å². The maximum absolute atomic E-state index is 12.9. The second kappa shape index (κ2) is 12.0. The number of benzene rings is 1. The van der Waals surface area contributed by atoms with E-state index < -0.39 is 12.1 Å². The number of hydrogen-bond donors (Lipinski definition) is 1. The normalized spacial score (nSPS) is 18.8. The molecule has 2 aliphatic heterocycles. The third-order valence-corrected chi connectivity index (χ3v) is 7.02. The van der Waals surface area contributed by atoms with Gasteiger partial charge in [0.2, 0.25) is 5.91 Å². The summed E-state index contributed by atoms with van der Waals surface area (Å²) in [6.45, 7) is 8.60. The van der Waals surface area contributed by atoms with Gasteiger partial charge in [-0.25, -0.2) is 4.79 Å². The van der Waals surface area contributed by atoms with E-state index in [1.54, 1.807) is 0 Å². The fourth-order valence-electron chi connectivity index (χ4n) is 5.08. The highest BCUT2D eigenvalue weighted by molar-refractivity contribution is 5.77. The number of carbonyl (C=O) groups excluding carboxylic acids is 1. The highest BCUT2D eigenvalue weighted by atomic mass is 19.4. The Balaban J connectivity index is 0.000000479. The number of likely N-dealkylation sites (tertiary alicyclic amines) is 1. The van der Waals surface area contributed by atoms with Crippen LogP contribution in [0.15, 0.2) is 36.7 Å². The Morgan fingerprint density at radius 2 is 1.81 bits per heavy atom. The number of para-hydroxylation sites is 1. The molecule has 1 saturated heterocycles. The number of hydrogen-bond acceptors (Lipinski definition) is 5. The molecule has 0 saturated carbocycles. The molecule has 0 aliphatic carbocycles. The molecule has 11 heteroatoms. The number of aryl methyl sites for hydroxylation is 1. The van der Waals surface area contributed by atoms with E-state index in [2.05, 4.69) is 48.2 Å². The summed E-state index contributed by atoms with van der Waals surface area (Å²) in [7, 11) is 1.96. The Morgan fingerprint density at radius 1 is 1.19 bits per heavy atom. The Labute approximate surface area is 215 Å². The zero-order valence-electron chi connectivity index (χ0n) is 21.5.